The fourth-order valence-electron chi connectivity index (χ4n) is 2.87. The van der Waals surface area contributed by atoms with Crippen molar-refractivity contribution in [1.82, 2.24) is 0 Å². The van der Waals surface area contributed by atoms with Crippen molar-refractivity contribution in [2.75, 3.05) is 11.9 Å². The third kappa shape index (κ3) is 4.46. The number of unbranched alkanes of at least 4 members (excludes halogenated alkanes) is 2. The minimum absolute atomic E-state index is 0.0804. The molecule has 5 nitrogen and oxygen atoms in total. The summed E-state index contributed by atoms with van der Waals surface area (Å²) in [6, 6.07) is 14.5. The van der Waals surface area contributed by atoms with Crippen molar-refractivity contribution in [2.24, 2.45) is 5.73 Å². The minimum atomic E-state index is -0.281. The van der Waals surface area contributed by atoms with Crippen LogP contribution in [0.3, 0.4) is 0 Å². The second-order valence-corrected chi connectivity index (χ2v) is 6.64. The summed E-state index contributed by atoms with van der Waals surface area (Å²) in [5.41, 5.74) is 7.15. The summed E-state index contributed by atoms with van der Waals surface area (Å²) in [7, 11) is 0. The smallest absolute Gasteiger partial charge is 0.234 e. The number of nitrogens with two attached hydrogens (primary N) is 1. The lowest BCUT2D eigenvalue weighted by Crippen LogP contribution is -2.21. The van der Waals surface area contributed by atoms with E-state index in [9.17, 15) is 4.79 Å². The molecule has 140 valence electrons. The van der Waals surface area contributed by atoms with Crippen molar-refractivity contribution in [2.45, 2.75) is 26.2 Å². The Kier molecular flexibility index (Phi) is 6.08. The molecule has 2 aromatic carbocycles. The standard InChI is InChI=1S/C21H22N2O3S/c1-2-3-6-12-25-17-11-7-9-15(23-21(22)27)19(17)20(24)18-13-14-8-4-5-10-16(14)26-18/h4-5,7-11,13H,2-3,6,12H2,1H3,(H3,22,23,27). The summed E-state index contributed by atoms with van der Waals surface area (Å²) in [5, 5.41) is 3.81. The summed E-state index contributed by atoms with van der Waals surface area (Å²) >= 11 is 4.95. The number of fused-ring (bicyclic) bond motifs is 1. The highest BCUT2D eigenvalue weighted by Gasteiger charge is 2.23. The number of ketones is 1. The molecule has 3 rings (SSSR count). The Labute approximate surface area is 163 Å². The molecule has 0 spiro atoms. The van der Waals surface area contributed by atoms with Gasteiger partial charge in [-0.15, -0.1) is 0 Å². The van der Waals surface area contributed by atoms with E-state index in [0.29, 0.717) is 29.2 Å². The van der Waals surface area contributed by atoms with Crippen molar-refractivity contribution in [3.63, 3.8) is 0 Å². The van der Waals surface area contributed by atoms with Gasteiger partial charge >= 0.3 is 0 Å². The molecule has 0 aliphatic heterocycles. The summed E-state index contributed by atoms with van der Waals surface area (Å²) in [6.45, 7) is 2.66. The van der Waals surface area contributed by atoms with Crippen LogP contribution in [0.2, 0.25) is 0 Å². The third-order valence-corrected chi connectivity index (χ3v) is 4.27. The van der Waals surface area contributed by atoms with Crippen LogP contribution in [0.1, 0.15) is 42.3 Å². The van der Waals surface area contributed by atoms with Gasteiger partial charge in [0, 0.05) is 5.39 Å². The van der Waals surface area contributed by atoms with Crippen LogP contribution in [0.25, 0.3) is 11.0 Å². The van der Waals surface area contributed by atoms with Gasteiger partial charge in [-0.3, -0.25) is 4.79 Å². The summed E-state index contributed by atoms with van der Waals surface area (Å²) in [5.74, 6) is 0.445. The molecule has 0 fully saturated rings. The fraction of sp³-hybridized carbons (Fsp3) is 0.238. The predicted molar refractivity (Wildman–Crippen MR) is 112 cm³/mol. The summed E-state index contributed by atoms with van der Waals surface area (Å²) in [4.78, 5) is 13.2. The van der Waals surface area contributed by atoms with Crippen molar-refractivity contribution >= 4 is 39.8 Å². The van der Waals surface area contributed by atoms with Gasteiger partial charge in [0.15, 0.2) is 10.9 Å². The SMILES string of the molecule is CCCCCOc1cccc(NC(N)=S)c1C(=O)c1cc2ccccc2o1. The maximum Gasteiger partial charge on any atom is 0.234 e. The number of rotatable bonds is 8. The highest BCUT2D eigenvalue weighted by atomic mass is 32.1. The van der Waals surface area contributed by atoms with Crippen molar-refractivity contribution in [3.8, 4) is 5.75 Å². The Morgan fingerprint density at radius 2 is 2.00 bits per heavy atom. The van der Waals surface area contributed by atoms with Crippen LogP contribution in [0.4, 0.5) is 5.69 Å². The average Bonchev–Trinajstić information content (AvgIpc) is 3.09. The van der Waals surface area contributed by atoms with Crippen molar-refractivity contribution in [1.29, 1.82) is 0 Å². The molecule has 0 atom stereocenters. The number of para-hydroxylation sites is 1. The minimum Gasteiger partial charge on any atom is -0.493 e. The van der Waals surface area contributed by atoms with Crippen molar-refractivity contribution in [3.05, 3.63) is 59.9 Å². The molecule has 3 N–H and O–H groups in total. The highest BCUT2D eigenvalue weighted by molar-refractivity contribution is 7.80. The van der Waals surface area contributed by atoms with Crippen molar-refractivity contribution < 1.29 is 13.9 Å². The molecule has 0 saturated carbocycles. The number of hydrogen-bond donors (Lipinski definition) is 2. The Balaban J connectivity index is 1.98. The topological polar surface area (TPSA) is 77.5 Å². The highest BCUT2D eigenvalue weighted by Crippen LogP contribution is 2.31. The van der Waals surface area contributed by atoms with Crippen LogP contribution < -0.4 is 15.8 Å². The quantitative estimate of drug-likeness (QED) is 0.328. The van der Waals surface area contributed by atoms with E-state index in [2.05, 4.69) is 12.2 Å². The Hall–Kier alpha value is -2.86. The first-order valence-corrected chi connectivity index (χ1v) is 9.36. The van der Waals surface area contributed by atoms with Gasteiger partial charge in [-0.25, -0.2) is 0 Å². The van der Waals surface area contributed by atoms with Crippen LogP contribution in [0, 0.1) is 0 Å². The lowest BCUT2D eigenvalue weighted by Gasteiger charge is -2.15. The Bertz CT molecular complexity index is 932. The van der Waals surface area contributed by atoms with Gasteiger partial charge in [0.1, 0.15) is 11.3 Å². The fourth-order valence-corrected chi connectivity index (χ4v) is 2.98. The number of ether oxygens (including phenoxy) is 1. The molecular formula is C21H22N2O3S. The molecule has 1 aromatic heterocycles. The molecule has 0 unspecified atom stereocenters. The second-order valence-electron chi connectivity index (χ2n) is 6.20. The number of benzene rings is 2. The molecule has 0 bridgehead atoms. The van der Waals surface area contributed by atoms with E-state index in [1.54, 1.807) is 24.3 Å². The lowest BCUT2D eigenvalue weighted by atomic mass is 10.0. The van der Waals surface area contributed by atoms with E-state index in [0.717, 1.165) is 24.6 Å². The third-order valence-electron chi connectivity index (χ3n) is 4.17. The lowest BCUT2D eigenvalue weighted by molar-refractivity contribution is 0.101. The predicted octanol–water partition coefficient (Wildman–Crippen LogP) is 4.89. The van der Waals surface area contributed by atoms with Crippen LogP contribution in [-0.4, -0.2) is 17.5 Å². The zero-order valence-electron chi connectivity index (χ0n) is 15.2. The molecule has 1 heterocycles. The van der Waals surface area contributed by atoms with Gasteiger partial charge in [-0.2, -0.15) is 0 Å². The Morgan fingerprint density at radius 1 is 1.19 bits per heavy atom. The molecule has 6 heteroatoms. The van der Waals surface area contributed by atoms with E-state index >= 15 is 0 Å². The van der Waals surface area contributed by atoms with Gasteiger partial charge < -0.3 is 20.2 Å². The molecule has 3 aromatic rings. The van der Waals surface area contributed by atoms with Gasteiger partial charge in [-0.1, -0.05) is 44.0 Å². The zero-order chi connectivity index (χ0) is 19.2. The van der Waals surface area contributed by atoms with Crippen LogP contribution in [0.15, 0.2) is 52.9 Å². The maximum atomic E-state index is 13.2. The van der Waals surface area contributed by atoms with E-state index in [4.69, 9.17) is 27.1 Å². The van der Waals surface area contributed by atoms with Gasteiger partial charge in [-0.05, 0) is 42.9 Å². The van der Waals surface area contributed by atoms with Gasteiger partial charge in [0.2, 0.25) is 5.78 Å². The van der Waals surface area contributed by atoms with E-state index in [1.165, 1.54) is 0 Å². The normalized spacial score (nSPS) is 10.7. The first-order chi connectivity index (χ1) is 13.1. The van der Waals surface area contributed by atoms with Crippen LogP contribution in [0.5, 0.6) is 5.75 Å². The molecular weight excluding hydrogens is 360 g/mol. The molecule has 0 aliphatic rings. The number of nitrogens with one attached hydrogen (secondary N) is 1. The van der Waals surface area contributed by atoms with Crippen LogP contribution >= 0.6 is 12.2 Å². The number of anilines is 1. The van der Waals surface area contributed by atoms with Gasteiger partial charge in [0.25, 0.3) is 0 Å². The molecule has 27 heavy (non-hydrogen) atoms. The first kappa shape index (κ1) is 18.9. The zero-order valence-corrected chi connectivity index (χ0v) is 16.0. The Morgan fingerprint density at radius 3 is 2.74 bits per heavy atom. The monoisotopic (exact) mass is 382 g/mol. The van der Waals surface area contributed by atoms with E-state index in [-0.39, 0.29) is 16.7 Å². The molecule has 0 aliphatic carbocycles. The molecule has 0 amide bonds. The average molecular weight is 382 g/mol. The summed E-state index contributed by atoms with van der Waals surface area (Å²) in [6.07, 6.45) is 3.08. The first-order valence-electron chi connectivity index (χ1n) is 8.95. The number of carbonyl (C=O) groups excluding carboxylic acids is 1. The number of hydrogen-bond acceptors (Lipinski definition) is 4. The number of carbonyl (C=O) groups is 1. The molecule has 0 radical (unpaired) electrons. The maximum absolute atomic E-state index is 13.2. The van der Waals surface area contributed by atoms with E-state index in [1.807, 2.05) is 24.3 Å². The number of furan rings is 1. The summed E-state index contributed by atoms with van der Waals surface area (Å²) < 4.78 is 11.6. The largest absolute Gasteiger partial charge is 0.493 e. The number of thiocarbonyl (C=S) groups is 1. The molecule has 0 saturated heterocycles. The van der Waals surface area contributed by atoms with Crippen LogP contribution in [-0.2, 0) is 0 Å². The van der Waals surface area contributed by atoms with Gasteiger partial charge in [0.05, 0.1) is 17.9 Å². The second kappa shape index (κ2) is 8.68. The van der Waals surface area contributed by atoms with E-state index < -0.39 is 0 Å².